The Morgan fingerprint density at radius 2 is 1.83 bits per heavy atom. The predicted molar refractivity (Wildman–Crippen MR) is 109 cm³/mol. The Labute approximate surface area is 176 Å². The lowest BCUT2D eigenvalue weighted by Crippen LogP contribution is -2.47. The highest BCUT2D eigenvalue weighted by molar-refractivity contribution is 7.89. The lowest BCUT2D eigenvalue weighted by Gasteiger charge is -2.32. The molecule has 2 amide bonds. The van der Waals surface area contributed by atoms with E-state index in [1.54, 1.807) is 29.2 Å². The highest BCUT2D eigenvalue weighted by Gasteiger charge is 2.29. The fourth-order valence-corrected chi connectivity index (χ4v) is 5.00. The van der Waals surface area contributed by atoms with Crippen molar-refractivity contribution in [1.82, 2.24) is 14.5 Å². The molecular weight excluding hydrogens is 418 g/mol. The van der Waals surface area contributed by atoms with Crippen molar-refractivity contribution in [2.75, 3.05) is 51.7 Å². The summed E-state index contributed by atoms with van der Waals surface area (Å²) in [5.41, 5.74) is 0.534. The molecule has 8 nitrogen and oxygen atoms in total. The number of likely N-dealkylation sites (tertiary alicyclic amines) is 1. The Kier molecular flexibility index (Phi) is 7.50. The van der Waals surface area contributed by atoms with Crippen molar-refractivity contribution >= 4 is 33.4 Å². The second-order valence-corrected chi connectivity index (χ2v) is 9.74. The van der Waals surface area contributed by atoms with Gasteiger partial charge in [-0.1, -0.05) is 11.6 Å². The number of hydrogen-bond donors (Lipinski definition) is 1. The van der Waals surface area contributed by atoms with Gasteiger partial charge in [0.05, 0.1) is 24.9 Å². The second-order valence-electron chi connectivity index (χ2n) is 7.22. The maximum atomic E-state index is 12.7. The van der Waals surface area contributed by atoms with Gasteiger partial charge < -0.3 is 15.0 Å². The van der Waals surface area contributed by atoms with Crippen LogP contribution in [0.3, 0.4) is 0 Å². The van der Waals surface area contributed by atoms with E-state index in [9.17, 15) is 18.0 Å². The van der Waals surface area contributed by atoms with Gasteiger partial charge in [0.15, 0.2) is 0 Å². The summed E-state index contributed by atoms with van der Waals surface area (Å²) in [6.07, 6.45) is 1.40. The summed E-state index contributed by atoms with van der Waals surface area (Å²) in [5.74, 6) is -0.824. The lowest BCUT2D eigenvalue weighted by atomic mass is 9.96. The highest BCUT2D eigenvalue weighted by atomic mass is 35.5. The molecule has 1 unspecified atom stereocenters. The van der Waals surface area contributed by atoms with E-state index in [-0.39, 0.29) is 30.0 Å². The molecule has 2 aliphatic heterocycles. The van der Waals surface area contributed by atoms with E-state index in [2.05, 4.69) is 5.32 Å². The number of nitrogens with zero attached hydrogens (tertiary/aromatic N) is 2. The largest absolute Gasteiger partial charge is 0.379 e. The zero-order valence-corrected chi connectivity index (χ0v) is 17.8. The number of halogens is 1. The van der Waals surface area contributed by atoms with E-state index >= 15 is 0 Å². The maximum Gasteiger partial charge on any atom is 0.253 e. The van der Waals surface area contributed by atoms with E-state index in [0.717, 1.165) is 6.42 Å². The molecule has 0 bridgehead atoms. The third kappa shape index (κ3) is 5.91. The van der Waals surface area contributed by atoms with Crippen LogP contribution in [0.4, 0.5) is 0 Å². The molecule has 1 aromatic carbocycles. The molecule has 0 spiro atoms. The Hall–Kier alpha value is -1.68. The molecule has 2 saturated heterocycles. The number of rotatable bonds is 6. The van der Waals surface area contributed by atoms with Gasteiger partial charge in [-0.05, 0) is 37.1 Å². The van der Waals surface area contributed by atoms with Gasteiger partial charge in [-0.15, -0.1) is 0 Å². The number of carbonyl (C=O) groups excluding carboxylic acids is 2. The molecule has 1 N–H and O–H groups in total. The molecule has 1 atom stereocenters. The fraction of sp³-hybridized carbons (Fsp3) is 0.579. The van der Waals surface area contributed by atoms with Gasteiger partial charge >= 0.3 is 0 Å². The number of benzene rings is 1. The molecule has 10 heteroatoms. The molecule has 2 fully saturated rings. The molecule has 160 valence electrons. The smallest absolute Gasteiger partial charge is 0.253 e. The molecule has 0 aliphatic carbocycles. The monoisotopic (exact) mass is 443 g/mol. The quantitative estimate of drug-likeness (QED) is 0.706. The minimum Gasteiger partial charge on any atom is -0.379 e. The van der Waals surface area contributed by atoms with Gasteiger partial charge in [0.1, 0.15) is 0 Å². The molecule has 1 aromatic rings. The molecule has 2 heterocycles. The first kappa shape index (κ1) is 22.0. The van der Waals surface area contributed by atoms with E-state index in [4.69, 9.17) is 16.3 Å². The van der Waals surface area contributed by atoms with E-state index < -0.39 is 10.0 Å². The molecule has 2 aliphatic rings. The highest BCUT2D eigenvalue weighted by Crippen LogP contribution is 2.20. The standard InChI is InChI=1S/C19H26ClN3O5S/c20-17-5-3-15(4-6-17)19(25)22-8-1-2-16(14-22)18(24)21-7-13-29(26,27)23-9-11-28-12-10-23/h3-6,16H,1-2,7-14H2,(H,21,24). The maximum absolute atomic E-state index is 12.7. The van der Waals surface area contributed by atoms with Gasteiger partial charge in [-0.3, -0.25) is 9.59 Å². The van der Waals surface area contributed by atoms with Gasteiger partial charge in [0, 0.05) is 43.3 Å². The first-order valence-corrected chi connectivity index (χ1v) is 11.7. The van der Waals surface area contributed by atoms with Crippen molar-refractivity contribution in [2.24, 2.45) is 5.92 Å². The van der Waals surface area contributed by atoms with Gasteiger partial charge in [-0.2, -0.15) is 4.31 Å². The number of nitrogens with one attached hydrogen (secondary N) is 1. The molecule has 0 aromatic heterocycles. The number of ether oxygens (including phenoxy) is 1. The van der Waals surface area contributed by atoms with Crippen molar-refractivity contribution in [3.63, 3.8) is 0 Å². The third-order valence-electron chi connectivity index (χ3n) is 5.19. The molecule has 3 rings (SSSR count). The minimum absolute atomic E-state index is 0.0557. The van der Waals surface area contributed by atoms with E-state index in [1.165, 1.54) is 4.31 Å². The Morgan fingerprint density at radius 3 is 2.52 bits per heavy atom. The van der Waals surface area contributed by atoms with Crippen molar-refractivity contribution < 1.29 is 22.7 Å². The van der Waals surface area contributed by atoms with Crippen molar-refractivity contribution in [1.29, 1.82) is 0 Å². The second kappa shape index (κ2) is 9.88. The fourth-order valence-electron chi connectivity index (χ4n) is 3.55. The average Bonchev–Trinajstić information content (AvgIpc) is 2.74. The first-order chi connectivity index (χ1) is 13.9. The third-order valence-corrected chi connectivity index (χ3v) is 7.32. The summed E-state index contributed by atoms with van der Waals surface area (Å²) in [6, 6.07) is 6.67. The van der Waals surface area contributed by atoms with Crippen molar-refractivity contribution in [2.45, 2.75) is 12.8 Å². The van der Waals surface area contributed by atoms with Crippen LogP contribution in [0.25, 0.3) is 0 Å². The summed E-state index contributed by atoms with van der Waals surface area (Å²) in [7, 11) is -3.41. The van der Waals surface area contributed by atoms with Crippen LogP contribution in [0.5, 0.6) is 0 Å². The van der Waals surface area contributed by atoms with Crippen LogP contribution in [0.1, 0.15) is 23.2 Å². The molecule has 0 radical (unpaired) electrons. The van der Waals surface area contributed by atoms with Gasteiger partial charge in [0.2, 0.25) is 15.9 Å². The Morgan fingerprint density at radius 1 is 1.14 bits per heavy atom. The minimum atomic E-state index is -3.41. The summed E-state index contributed by atoms with van der Waals surface area (Å²) in [6.45, 7) is 2.46. The van der Waals surface area contributed by atoms with Crippen LogP contribution in [-0.2, 0) is 19.6 Å². The van der Waals surface area contributed by atoms with Crippen LogP contribution in [0, 0.1) is 5.92 Å². The number of piperidine rings is 1. The lowest BCUT2D eigenvalue weighted by molar-refractivity contribution is -0.126. The summed E-state index contributed by atoms with van der Waals surface area (Å²) < 4.78 is 31.2. The van der Waals surface area contributed by atoms with Crippen LogP contribution < -0.4 is 5.32 Å². The molecule has 0 saturated carbocycles. The van der Waals surface area contributed by atoms with Crippen LogP contribution in [0.15, 0.2) is 24.3 Å². The van der Waals surface area contributed by atoms with Crippen molar-refractivity contribution in [3.05, 3.63) is 34.9 Å². The summed E-state index contributed by atoms with van der Waals surface area (Å²) >= 11 is 5.87. The topological polar surface area (TPSA) is 96.0 Å². The Balaban J connectivity index is 1.49. The number of hydrogen-bond acceptors (Lipinski definition) is 5. The van der Waals surface area contributed by atoms with Crippen LogP contribution in [-0.4, -0.2) is 81.1 Å². The summed E-state index contributed by atoms with van der Waals surface area (Å²) in [4.78, 5) is 26.8. The predicted octanol–water partition coefficient (Wildman–Crippen LogP) is 0.970. The zero-order chi connectivity index (χ0) is 20.9. The zero-order valence-electron chi connectivity index (χ0n) is 16.2. The normalized spacial score (nSPS) is 21.0. The molecular formula is C19H26ClN3O5S. The number of amides is 2. The van der Waals surface area contributed by atoms with Crippen LogP contribution in [0.2, 0.25) is 5.02 Å². The van der Waals surface area contributed by atoms with E-state index in [0.29, 0.717) is 56.4 Å². The number of carbonyl (C=O) groups is 2. The Bertz CT molecular complexity index is 825. The molecule has 29 heavy (non-hydrogen) atoms. The van der Waals surface area contributed by atoms with Gasteiger partial charge in [-0.25, -0.2) is 8.42 Å². The first-order valence-electron chi connectivity index (χ1n) is 9.75. The van der Waals surface area contributed by atoms with Crippen LogP contribution >= 0.6 is 11.6 Å². The number of sulfonamides is 1. The summed E-state index contributed by atoms with van der Waals surface area (Å²) in [5, 5.41) is 3.28. The van der Waals surface area contributed by atoms with E-state index in [1.807, 2.05) is 0 Å². The van der Waals surface area contributed by atoms with Crippen molar-refractivity contribution in [3.8, 4) is 0 Å². The number of morpholine rings is 1. The van der Waals surface area contributed by atoms with Gasteiger partial charge in [0.25, 0.3) is 5.91 Å². The average molecular weight is 444 g/mol. The SMILES string of the molecule is O=C(NCCS(=O)(=O)N1CCOCC1)C1CCCN(C(=O)c2ccc(Cl)cc2)C1.